The van der Waals surface area contributed by atoms with Gasteiger partial charge in [0.25, 0.3) is 0 Å². The second kappa shape index (κ2) is 10.2. The lowest BCUT2D eigenvalue weighted by Gasteiger charge is -2.35. The van der Waals surface area contributed by atoms with Crippen LogP contribution in [-0.2, 0) is 9.53 Å². The maximum Gasteiger partial charge on any atom is 0.239 e. The van der Waals surface area contributed by atoms with E-state index in [-0.39, 0.29) is 18.0 Å². The molecule has 0 aromatic carbocycles. The first-order valence-corrected chi connectivity index (χ1v) is 9.12. The molecule has 1 amide bonds. The van der Waals surface area contributed by atoms with E-state index in [0.717, 1.165) is 6.42 Å². The molecule has 1 aliphatic carbocycles. The van der Waals surface area contributed by atoms with Crippen LogP contribution in [0.5, 0.6) is 0 Å². The minimum absolute atomic E-state index is 0.124. The Labute approximate surface area is 145 Å². The number of nitrogens with one attached hydrogen (secondary N) is 2. The average molecular weight is 334 g/mol. The standard InChI is InChI=1S/C18H30N4O2/c1-22(11-6-10-20-14-19)18(23)16-9-5-12-24-13-17(21-16)15-7-3-2-4-8-15/h5,12,15-17,20-21H,2-4,6-11,13H2,1H3/b12-5-. The van der Waals surface area contributed by atoms with Crippen LogP contribution in [0.4, 0.5) is 0 Å². The molecule has 2 rings (SSSR count). The maximum atomic E-state index is 12.8. The van der Waals surface area contributed by atoms with Gasteiger partial charge in [-0.2, -0.15) is 5.26 Å². The molecule has 1 heterocycles. The summed E-state index contributed by atoms with van der Waals surface area (Å²) in [6, 6.07) is 0.0591. The van der Waals surface area contributed by atoms with Crippen molar-refractivity contribution >= 4 is 5.91 Å². The van der Waals surface area contributed by atoms with Crippen LogP contribution in [-0.4, -0.2) is 49.6 Å². The molecule has 0 bridgehead atoms. The van der Waals surface area contributed by atoms with Gasteiger partial charge in [-0.3, -0.25) is 10.1 Å². The van der Waals surface area contributed by atoms with Gasteiger partial charge in [0, 0.05) is 26.2 Å². The molecule has 24 heavy (non-hydrogen) atoms. The Morgan fingerprint density at radius 3 is 2.96 bits per heavy atom. The lowest BCUT2D eigenvalue weighted by Crippen LogP contribution is -2.53. The van der Waals surface area contributed by atoms with Crippen molar-refractivity contribution in [2.24, 2.45) is 5.92 Å². The van der Waals surface area contributed by atoms with E-state index in [1.807, 2.05) is 19.3 Å². The SMILES string of the molecule is CN(CCCNC#N)C(=O)C1C/C=C\OCC(C2CCCCC2)N1. The van der Waals surface area contributed by atoms with E-state index in [2.05, 4.69) is 10.6 Å². The summed E-state index contributed by atoms with van der Waals surface area (Å²) < 4.78 is 5.61. The Morgan fingerprint density at radius 1 is 1.42 bits per heavy atom. The molecule has 1 fully saturated rings. The fourth-order valence-corrected chi connectivity index (χ4v) is 3.61. The summed E-state index contributed by atoms with van der Waals surface area (Å²) in [5, 5.41) is 14.7. The van der Waals surface area contributed by atoms with Crippen LogP contribution >= 0.6 is 0 Å². The van der Waals surface area contributed by atoms with E-state index in [9.17, 15) is 4.79 Å². The van der Waals surface area contributed by atoms with Crippen LogP contribution < -0.4 is 10.6 Å². The monoisotopic (exact) mass is 334 g/mol. The van der Waals surface area contributed by atoms with Crippen LogP contribution in [0, 0.1) is 17.4 Å². The van der Waals surface area contributed by atoms with Crippen LogP contribution in [0.3, 0.4) is 0 Å². The highest BCUT2D eigenvalue weighted by atomic mass is 16.5. The summed E-state index contributed by atoms with van der Waals surface area (Å²) in [5.41, 5.74) is 0. The van der Waals surface area contributed by atoms with Crippen LogP contribution in [0.15, 0.2) is 12.3 Å². The van der Waals surface area contributed by atoms with Crippen molar-refractivity contribution in [1.29, 1.82) is 5.26 Å². The minimum Gasteiger partial charge on any atom is -0.500 e. The van der Waals surface area contributed by atoms with E-state index in [4.69, 9.17) is 10.00 Å². The highest BCUT2D eigenvalue weighted by Gasteiger charge is 2.30. The highest BCUT2D eigenvalue weighted by molar-refractivity contribution is 5.81. The van der Waals surface area contributed by atoms with Gasteiger partial charge in [0.15, 0.2) is 6.19 Å². The summed E-state index contributed by atoms with van der Waals surface area (Å²) in [7, 11) is 1.84. The largest absolute Gasteiger partial charge is 0.500 e. The van der Waals surface area contributed by atoms with Gasteiger partial charge in [-0.25, -0.2) is 0 Å². The number of amides is 1. The number of carbonyl (C=O) groups excluding carboxylic acids is 1. The molecule has 0 radical (unpaired) electrons. The summed E-state index contributed by atoms with van der Waals surface area (Å²) in [6.45, 7) is 1.89. The molecule has 0 spiro atoms. The van der Waals surface area contributed by atoms with Crippen molar-refractivity contribution in [3.63, 3.8) is 0 Å². The lowest BCUT2D eigenvalue weighted by atomic mass is 9.83. The summed E-state index contributed by atoms with van der Waals surface area (Å²) in [5.74, 6) is 0.727. The van der Waals surface area contributed by atoms with E-state index in [0.29, 0.717) is 32.0 Å². The molecule has 134 valence electrons. The molecule has 1 saturated carbocycles. The minimum atomic E-state index is -0.189. The van der Waals surface area contributed by atoms with E-state index >= 15 is 0 Å². The summed E-state index contributed by atoms with van der Waals surface area (Å²) >= 11 is 0. The Balaban J connectivity index is 1.90. The van der Waals surface area contributed by atoms with Gasteiger partial charge in [-0.15, -0.1) is 0 Å². The van der Waals surface area contributed by atoms with Crippen molar-refractivity contribution in [3.8, 4) is 6.19 Å². The van der Waals surface area contributed by atoms with Gasteiger partial charge in [0.2, 0.25) is 5.91 Å². The van der Waals surface area contributed by atoms with Crippen molar-refractivity contribution in [1.82, 2.24) is 15.5 Å². The maximum absolute atomic E-state index is 12.8. The quantitative estimate of drug-likeness (QED) is 0.440. The third-order valence-corrected chi connectivity index (χ3v) is 5.02. The topological polar surface area (TPSA) is 77.4 Å². The molecule has 2 aliphatic rings. The zero-order chi connectivity index (χ0) is 17.2. The molecule has 0 aromatic heterocycles. The lowest BCUT2D eigenvalue weighted by molar-refractivity contribution is -0.132. The zero-order valence-electron chi connectivity index (χ0n) is 14.7. The van der Waals surface area contributed by atoms with Crippen LogP contribution in [0.25, 0.3) is 0 Å². The smallest absolute Gasteiger partial charge is 0.239 e. The fraction of sp³-hybridized carbons (Fsp3) is 0.778. The van der Waals surface area contributed by atoms with Crippen LogP contribution in [0.1, 0.15) is 44.9 Å². The first-order chi connectivity index (χ1) is 11.7. The second-order valence-electron chi connectivity index (χ2n) is 6.82. The second-order valence-corrected chi connectivity index (χ2v) is 6.82. The number of hydrogen-bond donors (Lipinski definition) is 2. The first-order valence-electron chi connectivity index (χ1n) is 9.12. The van der Waals surface area contributed by atoms with Crippen LogP contribution in [0.2, 0.25) is 0 Å². The van der Waals surface area contributed by atoms with E-state index < -0.39 is 0 Å². The fourth-order valence-electron chi connectivity index (χ4n) is 3.61. The first kappa shape index (κ1) is 18.6. The Bertz CT molecular complexity index is 454. The van der Waals surface area contributed by atoms with Crippen molar-refractivity contribution in [2.45, 2.75) is 57.0 Å². The molecular formula is C18H30N4O2. The predicted molar refractivity (Wildman–Crippen MR) is 92.9 cm³/mol. The van der Waals surface area contributed by atoms with Gasteiger partial charge >= 0.3 is 0 Å². The Kier molecular flexibility index (Phi) is 7.90. The van der Waals surface area contributed by atoms with Gasteiger partial charge in [-0.05, 0) is 37.7 Å². The van der Waals surface area contributed by atoms with Crippen molar-refractivity contribution < 1.29 is 9.53 Å². The zero-order valence-corrected chi connectivity index (χ0v) is 14.7. The van der Waals surface area contributed by atoms with Gasteiger partial charge < -0.3 is 15.0 Å². The molecular weight excluding hydrogens is 304 g/mol. The summed E-state index contributed by atoms with van der Waals surface area (Å²) in [4.78, 5) is 14.5. The normalized spacial score (nSPS) is 26.3. The number of nitriles is 1. The molecule has 2 atom stereocenters. The number of likely N-dealkylation sites (N-methyl/N-ethyl adjacent to an activating group) is 1. The number of ether oxygens (including phenoxy) is 1. The molecule has 2 N–H and O–H groups in total. The van der Waals surface area contributed by atoms with E-state index in [1.54, 1.807) is 11.2 Å². The molecule has 6 heteroatoms. The molecule has 0 saturated heterocycles. The Morgan fingerprint density at radius 2 is 2.21 bits per heavy atom. The third-order valence-electron chi connectivity index (χ3n) is 5.02. The van der Waals surface area contributed by atoms with Gasteiger partial charge in [0.1, 0.15) is 6.61 Å². The van der Waals surface area contributed by atoms with Crippen molar-refractivity contribution in [3.05, 3.63) is 12.3 Å². The van der Waals surface area contributed by atoms with E-state index in [1.165, 1.54) is 32.1 Å². The highest BCUT2D eigenvalue weighted by Crippen LogP contribution is 2.27. The molecule has 0 aromatic rings. The number of rotatable bonds is 6. The average Bonchev–Trinajstić information content (AvgIpc) is 2.59. The predicted octanol–water partition coefficient (Wildman–Crippen LogP) is 1.75. The third kappa shape index (κ3) is 5.72. The molecule has 1 aliphatic heterocycles. The molecule has 2 unspecified atom stereocenters. The molecule has 6 nitrogen and oxygen atoms in total. The van der Waals surface area contributed by atoms with Crippen molar-refractivity contribution in [2.75, 3.05) is 26.7 Å². The Hall–Kier alpha value is -1.74. The van der Waals surface area contributed by atoms with Gasteiger partial charge in [-0.1, -0.05) is 19.3 Å². The number of hydrogen-bond acceptors (Lipinski definition) is 5. The van der Waals surface area contributed by atoms with Gasteiger partial charge in [0.05, 0.1) is 12.3 Å². The number of carbonyl (C=O) groups is 1. The summed E-state index contributed by atoms with van der Waals surface area (Å²) in [6.07, 6.45) is 13.3. The number of nitrogens with zero attached hydrogens (tertiary/aromatic N) is 2.